The van der Waals surface area contributed by atoms with Crippen LogP contribution in [0.15, 0.2) is 85.1 Å². The van der Waals surface area contributed by atoms with E-state index in [4.69, 9.17) is 14.2 Å². The third-order valence-electron chi connectivity index (χ3n) is 11.3. The van der Waals surface area contributed by atoms with Gasteiger partial charge < -0.3 is 28.6 Å². The van der Waals surface area contributed by atoms with Crippen LogP contribution in [0.4, 0.5) is 0 Å². The molecule has 8 nitrogen and oxygen atoms in total. The van der Waals surface area contributed by atoms with Gasteiger partial charge >= 0.3 is 11.9 Å². The van der Waals surface area contributed by atoms with E-state index in [1.807, 2.05) is 12.2 Å². The lowest BCUT2D eigenvalue weighted by Gasteiger charge is -2.34. The molecule has 0 amide bonds. The van der Waals surface area contributed by atoms with E-state index in [0.717, 1.165) is 57.8 Å². The highest BCUT2D eigenvalue weighted by molar-refractivity contribution is 5.70. The zero-order valence-corrected chi connectivity index (χ0v) is 42.4. The Labute approximate surface area is 399 Å². The monoisotopic (exact) mass is 908 g/mol. The lowest BCUT2D eigenvalue weighted by molar-refractivity contribution is -0.889. The van der Waals surface area contributed by atoms with Crippen LogP contribution in [-0.4, -0.2) is 75.5 Å². The van der Waals surface area contributed by atoms with Gasteiger partial charge in [0, 0.05) is 19.3 Å². The third kappa shape index (κ3) is 45.5. The van der Waals surface area contributed by atoms with Crippen LogP contribution in [-0.2, 0) is 28.6 Å². The van der Waals surface area contributed by atoms with Crippen molar-refractivity contribution in [3.63, 3.8) is 0 Å². The Morgan fingerprint density at radius 1 is 0.477 bits per heavy atom. The number of unbranched alkanes of at least 4 members (excludes halogenated alkanes) is 18. The first kappa shape index (κ1) is 61.5. The van der Waals surface area contributed by atoms with E-state index in [1.165, 1.54) is 109 Å². The maximum atomic E-state index is 12.8. The molecule has 372 valence electrons. The van der Waals surface area contributed by atoms with Crippen molar-refractivity contribution in [3.8, 4) is 0 Å². The molecule has 0 saturated heterocycles. The van der Waals surface area contributed by atoms with Crippen LogP contribution in [0.25, 0.3) is 0 Å². The molecule has 8 heteroatoms. The molecular weight excluding hydrogens is 811 g/mol. The van der Waals surface area contributed by atoms with Crippen LogP contribution in [0.1, 0.15) is 206 Å². The number of carboxylic acid groups (broad SMARTS) is 1. The first-order valence-corrected chi connectivity index (χ1v) is 26.1. The van der Waals surface area contributed by atoms with E-state index in [0.29, 0.717) is 12.8 Å². The van der Waals surface area contributed by atoms with Crippen molar-refractivity contribution in [2.45, 2.75) is 219 Å². The van der Waals surface area contributed by atoms with Gasteiger partial charge in [0.2, 0.25) is 0 Å². The number of allylic oxidation sites excluding steroid dienone is 14. The topological polar surface area (TPSA) is 102 Å². The molecule has 65 heavy (non-hydrogen) atoms. The second kappa shape index (κ2) is 47.0. The van der Waals surface area contributed by atoms with Crippen molar-refractivity contribution in [2.24, 2.45) is 0 Å². The number of likely N-dealkylation sites (N-methyl/N-ethyl adjacent to an activating group) is 1. The predicted octanol–water partition coefficient (Wildman–Crippen LogP) is 13.9. The van der Waals surface area contributed by atoms with Crippen molar-refractivity contribution < 1.29 is 38.2 Å². The minimum absolute atomic E-state index is 0.0115. The van der Waals surface area contributed by atoms with Crippen LogP contribution in [0, 0.1) is 0 Å². The van der Waals surface area contributed by atoms with Gasteiger partial charge in [0.05, 0.1) is 40.3 Å². The van der Waals surface area contributed by atoms with E-state index in [-0.39, 0.29) is 49.1 Å². The Morgan fingerprint density at radius 2 is 0.892 bits per heavy atom. The predicted molar refractivity (Wildman–Crippen MR) is 272 cm³/mol. The average molecular weight is 908 g/mol. The summed E-state index contributed by atoms with van der Waals surface area (Å²) < 4.78 is 17.2. The number of aliphatic carboxylic acids is 1. The fraction of sp³-hybridized carbons (Fsp3) is 0.702. The van der Waals surface area contributed by atoms with Gasteiger partial charge in [0.15, 0.2) is 6.10 Å². The summed E-state index contributed by atoms with van der Waals surface area (Å²) >= 11 is 0. The molecule has 0 aromatic rings. The van der Waals surface area contributed by atoms with Gasteiger partial charge in [-0.05, 0) is 77.0 Å². The molecule has 0 spiro atoms. The summed E-state index contributed by atoms with van der Waals surface area (Å²) in [5, 5.41) is 11.7. The summed E-state index contributed by atoms with van der Waals surface area (Å²) in [6, 6.07) is -0.742. The summed E-state index contributed by atoms with van der Waals surface area (Å²) in [5.41, 5.74) is 0. The molecule has 0 aliphatic rings. The Morgan fingerprint density at radius 3 is 1.34 bits per heavy atom. The Kier molecular flexibility index (Phi) is 44.5. The quantitative estimate of drug-likeness (QED) is 0.0259. The molecule has 0 fully saturated rings. The van der Waals surface area contributed by atoms with E-state index in [2.05, 4.69) is 86.8 Å². The summed E-state index contributed by atoms with van der Waals surface area (Å²) in [4.78, 5) is 37.0. The lowest BCUT2D eigenvalue weighted by Crippen LogP contribution is -2.55. The van der Waals surface area contributed by atoms with Crippen LogP contribution in [0.3, 0.4) is 0 Å². The van der Waals surface area contributed by atoms with Crippen LogP contribution in [0.5, 0.6) is 0 Å². The minimum Gasteiger partial charge on any atom is -0.544 e. The smallest absolute Gasteiger partial charge is 0.306 e. The maximum Gasteiger partial charge on any atom is 0.306 e. The van der Waals surface area contributed by atoms with Gasteiger partial charge in [0.1, 0.15) is 12.6 Å². The van der Waals surface area contributed by atoms with E-state index >= 15 is 0 Å². The summed E-state index contributed by atoms with van der Waals surface area (Å²) in [6.45, 7) is 4.47. The number of esters is 2. The van der Waals surface area contributed by atoms with Gasteiger partial charge in [0.25, 0.3) is 0 Å². The van der Waals surface area contributed by atoms with Crippen molar-refractivity contribution in [1.29, 1.82) is 0 Å². The van der Waals surface area contributed by atoms with Gasteiger partial charge in [-0.25, -0.2) is 0 Å². The molecule has 0 aromatic heterocycles. The first-order valence-electron chi connectivity index (χ1n) is 26.1. The normalized spacial score (nSPS) is 13.6. The van der Waals surface area contributed by atoms with Gasteiger partial charge in [-0.3, -0.25) is 9.59 Å². The largest absolute Gasteiger partial charge is 0.544 e. The molecule has 0 aromatic carbocycles. The fourth-order valence-corrected chi connectivity index (χ4v) is 7.27. The number of hydrogen-bond donors (Lipinski definition) is 0. The SMILES string of the molecule is CC/C=C/C/C=C/C/C=C/C/C=C/C/C=C/C/C=C/CCC(=O)OCC(COCCC(C(=O)[O-])[N+](C)(C)C)OC(=O)CCCCCCCCC/C=C/CCCCCCCCCCCCC. The van der Waals surface area contributed by atoms with Gasteiger partial charge in [-0.2, -0.15) is 0 Å². The third-order valence-corrected chi connectivity index (χ3v) is 11.3. The number of nitrogens with zero attached hydrogens (tertiary/aromatic N) is 1. The molecule has 0 N–H and O–H groups in total. The second-order valence-corrected chi connectivity index (χ2v) is 18.4. The number of carbonyl (C=O) groups is 3. The highest BCUT2D eigenvalue weighted by atomic mass is 16.6. The molecule has 0 saturated carbocycles. The second-order valence-electron chi connectivity index (χ2n) is 18.4. The number of carbonyl (C=O) groups excluding carboxylic acids is 3. The van der Waals surface area contributed by atoms with E-state index < -0.39 is 18.1 Å². The molecule has 2 unspecified atom stereocenters. The highest BCUT2D eigenvalue weighted by Gasteiger charge is 2.25. The lowest BCUT2D eigenvalue weighted by atomic mass is 10.0. The van der Waals surface area contributed by atoms with Crippen molar-refractivity contribution in [1.82, 2.24) is 0 Å². The number of quaternary nitrogens is 1. The van der Waals surface area contributed by atoms with Crippen molar-refractivity contribution >= 4 is 17.9 Å². The number of rotatable bonds is 46. The molecule has 0 bridgehead atoms. The fourth-order valence-electron chi connectivity index (χ4n) is 7.27. The molecule has 0 aliphatic carbocycles. The van der Waals surface area contributed by atoms with Crippen LogP contribution in [0.2, 0.25) is 0 Å². The van der Waals surface area contributed by atoms with Crippen molar-refractivity contribution in [2.75, 3.05) is 41.0 Å². The highest BCUT2D eigenvalue weighted by Crippen LogP contribution is 2.14. The molecule has 0 rings (SSSR count). The Hall–Kier alpha value is -3.49. The molecule has 0 aliphatic heterocycles. The molecular formula is C57H97NO7. The first-order chi connectivity index (χ1) is 31.6. The maximum absolute atomic E-state index is 12.8. The van der Waals surface area contributed by atoms with E-state index in [9.17, 15) is 19.5 Å². The average Bonchev–Trinajstić information content (AvgIpc) is 3.27. The Bertz CT molecular complexity index is 1330. The number of hydrogen-bond acceptors (Lipinski definition) is 7. The number of ether oxygens (including phenoxy) is 3. The molecule has 2 atom stereocenters. The zero-order valence-electron chi connectivity index (χ0n) is 42.4. The summed E-state index contributed by atoms with van der Waals surface area (Å²) in [5.74, 6) is -1.85. The van der Waals surface area contributed by atoms with Gasteiger partial charge in [-0.1, -0.05) is 195 Å². The standard InChI is InChI=1S/C57H97NO7/c1-6-8-10-12-14-16-18-20-22-24-26-27-28-30-32-34-36-38-40-42-44-46-48-56(60)65-53(51-63-50-49-54(57(61)62)58(3,4)5)52-64-55(59)47-45-43-41-39-37-35-33-31-29-25-23-21-19-17-15-13-11-9-7-2/h9,11,15,17,21,23,28-31,35,37,41,43,53-54H,6-8,10,12-14,16,18-20,22,24-27,32-34,36,38-40,42,44-52H2,1-5H3/b11-9+,17-15+,23-21+,30-28+,31-29+,37-35+,43-41+. The zero-order chi connectivity index (χ0) is 47.7. The molecule has 0 radical (unpaired) electrons. The molecule has 0 heterocycles. The van der Waals surface area contributed by atoms with Crippen LogP contribution < -0.4 is 5.11 Å². The summed E-state index contributed by atoms with van der Waals surface area (Å²) in [6.07, 6.45) is 62.1. The Balaban J connectivity index is 4.35. The number of carboxylic acids is 1. The van der Waals surface area contributed by atoms with Crippen LogP contribution >= 0.6 is 0 Å². The minimum atomic E-state index is -1.14. The van der Waals surface area contributed by atoms with E-state index in [1.54, 1.807) is 21.1 Å². The van der Waals surface area contributed by atoms with Crippen molar-refractivity contribution in [3.05, 3.63) is 85.1 Å². The summed E-state index contributed by atoms with van der Waals surface area (Å²) in [7, 11) is 5.39. The van der Waals surface area contributed by atoms with Gasteiger partial charge in [-0.15, -0.1) is 0 Å².